The molecule has 0 N–H and O–H groups in total. The van der Waals surface area contributed by atoms with E-state index < -0.39 is 0 Å². The molecule has 5 heteroatoms. The van der Waals surface area contributed by atoms with Crippen molar-refractivity contribution in [2.75, 3.05) is 12.0 Å². The molecule has 0 atom stereocenters. The minimum absolute atomic E-state index is 0.304. The average molecular weight is 240 g/mol. The van der Waals surface area contributed by atoms with Crippen LogP contribution >= 0.6 is 0 Å². The van der Waals surface area contributed by atoms with Crippen LogP contribution in [0.4, 0.5) is 5.69 Å². The number of aromatic nitrogens is 2. The number of methoxy groups -OCH3 is 1. The first kappa shape index (κ1) is 11.9. The van der Waals surface area contributed by atoms with Gasteiger partial charge >= 0.3 is 6.01 Å². The number of nitrogens with zero attached hydrogens (tertiary/aromatic N) is 4. The Kier molecular flexibility index (Phi) is 3.72. The Labute approximate surface area is 105 Å². The molecule has 90 valence electrons. The second-order valence-corrected chi connectivity index (χ2v) is 3.56. The van der Waals surface area contributed by atoms with Crippen molar-refractivity contribution in [3.8, 4) is 12.2 Å². The van der Waals surface area contributed by atoms with Crippen LogP contribution in [-0.2, 0) is 6.54 Å². The van der Waals surface area contributed by atoms with E-state index in [-0.39, 0.29) is 0 Å². The SMILES string of the molecule is COc1nccc(CN(C#N)c2ccccc2)n1. The van der Waals surface area contributed by atoms with E-state index in [2.05, 4.69) is 16.2 Å². The van der Waals surface area contributed by atoms with Crippen LogP contribution in [0.5, 0.6) is 6.01 Å². The molecule has 2 rings (SSSR count). The molecule has 0 amide bonds. The Morgan fingerprint density at radius 3 is 2.72 bits per heavy atom. The Balaban J connectivity index is 2.19. The molecule has 0 saturated heterocycles. The van der Waals surface area contributed by atoms with Crippen LogP contribution in [0.15, 0.2) is 42.6 Å². The normalized spacial score (nSPS) is 9.56. The molecule has 2 aromatic rings. The first-order valence-electron chi connectivity index (χ1n) is 5.41. The smallest absolute Gasteiger partial charge is 0.316 e. The zero-order chi connectivity index (χ0) is 12.8. The number of hydrogen-bond donors (Lipinski definition) is 0. The average Bonchev–Trinajstić information content (AvgIpc) is 2.46. The molecule has 0 aliphatic heterocycles. The predicted molar refractivity (Wildman–Crippen MR) is 66.8 cm³/mol. The van der Waals surface area contributed by atoms with Crippen LogP contribution in [0.2, 0.25) is 0 Å². The van der Waals surface area contributed by atoms with Gasteiger partial charge in [0.2, 0.25) is 0 Å². The van der Waals surface area contributed by atoms with E-state index >= 15 is 0 Å². The molecule has 0 unspecified atom stereocenters. The molecule has 0 bridgehead atoms. The Morgan fingerprint density at radius 1 is 1.28 bits per heavy atom. The number of benzene rings is 1. The van der Waals surface area contributed by atoms with Crippen LogP contribution in [0.1, 0.15) is 5.69 Å². The standard InChI is InChI=1S/C13H12N4O/c1-18-13-15-8-7-11(16-13)9-17(10-14)12-5-3-2-4-6-12/h2-8H,9H2,1H3. The van der Waals surface area contributed by atoms with Gasteiger partial charge in [0.1, 0.15) is 0 Å². The predicted octanol–water partition coefficient (Wildman–Crippen LogP) is 1.97. The van der Waals surface area contributed by atoms with Crippen LogP contribution in [0.3, 0.4) is 0 Å². The quantitative estimate of drug-likeness (QED) is 0.604. The molecule has 0 spiro atoms. The van der Waals surface area contributed by atoms with Crippen molar-refractivity contribution in [3.05, 3.63) is 48.3 Å². The minimum atomic E-state index is 0.304. The zero-order valence-electron chi connectivity index (χ0n) is 9.95. The molecule has 0 saturated carbocycles. The summed E-state index contributed by atoms with van der Waals surface area (Å²) in [6.07, 6.45) is 3.75. The van der Waals surface area contributed by atoms with E-state index in [0.717, 1.165) is 11.4 Å². The van der Waals surface area contributed by atoms with Gasteiger partial charge in [-0.25, -0.2) is 4.98 Å². The third-order valence-electron chi connectivity index (χ3n) is 2.38. The first-order valence-corrected chi connectivity index (χ1v) is 5.41. The molecule has 0 aliphatic rings. The maximum Gasteiger partial charge on any atom is 0.316 e. The first-order chi connectivity index (χ1) is 8.83. The molecule has 1 aromatic carbocycles. The molecule has 0 fully saturated rings. The minimum Gasteiger partial charge on any atom is -0.467 e. The maximum atomic E-state index is 9.17. The summed E-state index contributed by atoms with van der Waals surface area (Å²) in [6.45, 7) is 0.388. The monoisotopic (exact) mass is 240 g/mol. The largest absolute Gasteiger partial charge is 0.467 e. The van der Waals surface area contributed by atoms with E-state index in [4.69, 9.17) is 10.00 Å². The number of para-hydroxylation sites is 1. The van der Waals surface area contributed by atoms with Gasteiger partial charge in [-0.05, 0) is 18.2 Å². The number of ether oxygens (including phenoxy) is 1. The van der Waals surface area contributed by atoms with Gasteiger partial charge in [-0.3, -0.25) is 4.90 Å². The van der Waals surface area contributed by atoms with Gasteiger partial charge in [0, 0.05) is 6.20 Å². The highest BCUT2D eigenvalue weighted by Crippen LogP contribution is 2.15. The van der Waals surface area contributed by atoms with Gasteiger partial charge in [0.05, 0.1) is 25.0 Å². The number of anilines is 1. The highest BCUT2D eigenvalue weighted by atomic mass is 16.5. The van der Waals surface area contributed by atoms with Crippen LogP contribution in [0, 0.1) is 11.5 Å². The number of nitriles is 1. The van der Waals surface area contributed by atoms with Crippen molar-refractivity contribution < 1.29 is 4.74 Å². The Hall–Kier alpha value is -2.61. The zero-order valence-corrected chi connectivity index (χ0v) is 9.95. The van der Waals surface area contributed by atoms with Gasteiger partial charge in [-0.15, -0.1) is 0 Å². The van der Waals surface area contributed by atoms with Crippen molar-refractivity contribution in [2.24, 2.45) is 0 Å². The Morgan fingerprint density at radius 2 is 2.06 bits per heavy atom. The van der Waals surface area contributed by atoms with E-state index in [1.807, 2.05) is 30.3 Å². The van der Waals surface area contributed by atoms with Crippen molar-refractivity contribution in [1.29, 1.82) is 5.26 Å². The molecule has 0 radical (unpaired) electrons. The summed E-state index contributed by atoms with van der Waals surface area (Å²) in [4.78, 5) is 9.66. The second kappa shape index (κ2) is 5.64. The van der Waals surface area contributed by atoms with Crippen molar-refractivity contribution in [2.45, 2.75) is 6.54 Å². The van der Waals surface area contributed by atoms with Crippen LogP contribution < -0.4 is 9.64 Å². The summed E-state index contributed by atoms with van der Waals surface area (Å²) in [5, 5.41) is 9.17. The van der Waals surface area contributed by atoms with E-state index in [1.54, 1.807) is 17.2 Å². The summed E-state index contributed by atoms with van der Waals surface area (Å²) in [7, 11) is 1.51. The lowest BCUT2D eigenvalue weighted by atomic mass is 10.3. The third-order valence-corrected chi connectivity index (χ3v) is 2.38. The van der Waals surface area contributed by atoms with Crippen molar-refractivity contribution in [3.63, 3.8) is 0 Å². The van der Waals surface area contributed by atoms with Gasteiger partial charge < -0.3 is 4.74 Å². The summed E-state index contributed by atoms with van der Waals surface area (Å²) < 4.78 is 4.95. The third kappa shape index (κ3) is 2.74. The topological polar surface area (TPSA) is 62.0 Å². The number of rotatable bonds is 4. The van der Waals surface area contributed by atoms with Gasteiger partial charge in [-0.1, -0.05) is 18.2 Å². The fraction of sp³-hybridized carbons (Fsp3) is 0.154. The van der Waals surface area contributed by atoms with Gasteiger partial charge in [-0.2, -0.15) is 10.2 Å². The summed E-state index contributed by atoms with van der Waals surface area (Å²) in [5.74, 6) is 0. The highest BCUT2D eigenvalue weighted by molar-refractivity contribution is 5.50. The van der Waals surface area contributed by atoms with Crippen LogP contribution in [0.25, 0.3) is 0 Å². The fourth-order valence-corrected chi connectivity index (χ4v) is 1.52. The lowest BCUT2D eigenvalue weighted by molar-refractivity contribution is 0.378. The van der Waals surface area contributed by atoms with Crippen molar-refractivity contribution >= 4 is 5.69 Å². The van der Waals surface area contributed by atoms with Gasteiger partial charge in [0.25, 0.3) is 0 Å². The van der Waals surface area contributed by atoms with E-state index in [9.17, 15) is 0 Å². The lowest BCUT2D eigenvalue weighted by Gasteiger charge is -2.14. The summed E-state index contributed by atoms with van der Waals surface area (Å²) in [6, 6.07) is 11.5. The second-order valence-electron chi connectivity index (χ2n) is 3.56. The molecular weight excluding hydrogens is 228 g/mol. The molecule has 1 aromatic heterocycles. The molecule has 5 nitrogen and oxygen atoms in total. The molecule has 0 aliphatic carbocycles. The Bertz CT molecular complexity index is 550. The van der Waals surface area contributed by atoms with E-state index in [1.165, 1.54) is 7.11 Å². The van der Waals surface area contributed by atoms with Crippen LogP contribution in [-0.4, -0.2) is 17.1 Å². The molecule has 18 heavy (non-hydrogen) atoms. The summed E-state index contributed by atoms with van der Waals surface area (Å²) >= 11 is 0. The van der Waals surface area contributed by atoms with Crippen molar-refractivity contribution in [1.82, 2.24) is 9.97 Å². The maximum absolute atomic E-state index is 9.17. The molecule has 1 heterocycles. The van der Waals surface area contributed by atoms with Gasteiger partial charge in [0.15, 0.2) is 6.19 Å². The highest BCUT2D eigenvalue weighted by Gasteiger charge is 2.07. The lowest BCUT2D eigenvalue weighted by Crippen LogP contribution is -2.16. The summed E-state index contributed by atoms with van der Waals surface area (Å²) in [5.41, 5.74) is 1.56. The van der Waals surface area contributed by atoms with E-state index in [0.29, 0.717) is 12.6 Å². The molecular formula is C13H12N4O. The fourth-order valence-electron chi connectivity index (χ4n) is 1.52. The number of hydrogen-bond acceptors (Lipinski definition) is 5.